The first-order valence-electron chi connectivity index (χ1n) is 9.65. The highest BCUT2D eigenvalue weighted by molar-refractivity contribution is 5.78. The number of benzene rings is 2. The third-order valence-electron chi connectivity index (χ3n) is 5.49. The molecule has 0 N–H and O–H groups in total. The summed E-state index contributed by atoms with van der Waals surface area (Å²) in [6.07, 6.45) is 3.49. The topological polar surface area (TPSA) is 42.0 Å². The highest BCUT2D eigenvalue weighted by atomic mass is 16.5. The number of aryl methyl sites for hydroxylation is 2. The maximum Gasteiger partial charge on any atom is 0.260 e. The first-order valence-corrected chi connectivity index (χ1v) is 9.65. The number of methoxy groups -OCH3 is 1. The number of nitrogens with zero attached hydrogens (tertiary/aromatic N) is 2. The molecule has 0 atom stereocenters. The van der Waals surface area contributed by atoms with Gasteiger partial charge in [0.05, 0.1) is 12.8 Å². The molecule has 0 bridgehead atoms. The van der Waals surface area contributed by atoms with Gasteiger partial charge < -0.3 is 19.3 Å². The normalized spacial score (nSPS) is 16.2. The van der Waals surface area contributed by atoms with Gasteiger partial charge in [0.15, 0.2) is 6.61 Å². The van der Waals surface area contributed by atoms with E-state index in [-0.39, 0.29) is 12.5 Å². The average Bonchev–Trinajstić information content (AvgIpc) is 3.20. The molecule has 1 aliphatic carbocycles. The molecular weight excluding hydrogens is 340 g/mol. The molecule has 5 heteroatoms. The fourth-order valence-electron chi connectivity index (χ4n) is 3.96. The standard InChI is InChI=1S/C22H26N2O3/c1-26-21-8-3-2-7-20(21)23-11-13-24(14-12-23)22(25)16-27-19-10-9-17-5-4-6-18(17)15-19/h2-3,7-10,15H,4-6,11-14,16H2,1H3. The van der Waals surface area contributed by atoms with Crippen LogP contribution in [0.4, 0.5) is 5.69 Å². The minimum absolute atomic E-state index is 0.0511. The van der Waals surface area contributed by atoms with Crippen LogP contribution in [0.3, 0.4) is 0 Å². The molecule has 0 unspecified atom stereocenters. The number of anilines is 1. The van der Waals surface area contributed by atoms with Crippen LogP contribution in [0.1, 0.15) is 17.5 Å². The van der Waals surface area contributed by atoms with Crippen LogP contribution in [-0.2, 0) is 17.6 Å². The van der Waals surface area contributed by atoms with E-state index in [1.165, 1.54) is 17.5 Å². The van der Waals surface area contributed by atoms with E-state index in [4.69, 9.17) is 9.47 Å². The summed E-state index contributed by atoms with van der Waals surface area (Å²) in [5.41, 5.74) is 3.87. The molecule has 1 heterocycles. The van der Waals surface area contributed by atoms with Crippen LogP contribution >= 0.6 is 0 Å². The van der Waals surface area contributed by atoms with E-state index in [0.29, 0.717) is 13.1 Å². The lowest BCUT2D eigenvalue weighted by Gasteiger charge is -2.36. The summed E-state index contributed by atoms with van der Waals surface area (Å²) in [5, 5.41) is 0. The van der Waals surface area contributed by atoms with Crippen molar-refractivity contribution in [3.05, 3.63) is 53.6 Å². The Balaban J connectivity index is 1.30. The molecule has 1 fully saturated rings. The van der Waals surface area contributed by atoms with E-state index in [2.05, 4.69) is 23.1 Å². The smallest absolute Gasteiger partial charge is 0.260 e. The zero-order valence-corrected chi connectivity index (χ0v) is 15.8. The molecular formula is C22H26N2O3. The van der Waals surface area contributed by atoms with Crippen LogP contribution in [0.2, 0.25) is 0 Å². The maximum absolute atomic E-state index is 12.5. The van der Waals surface area contributed by atoms with Crippen LogP contribution < -0.4 is 14.4 Å². The number of carbonyl (C=O) groups excluding carboxylic acids is 1. The molecule has 0 spiro atoms. The lowest BCUT2D eigenvalue weighted by atomic mass is 10.1. The molecule has 142 valence electrons. The number of rotatable bonds is 5. The number of carbonyl (C=O) groups is 1. The third-order valence-corrected chi connectivity index (χ3v) is 5.49. The van der Waals surface area contributed by atoms with E-state index < -0.39 is 0 Å². The Bertz CT molecular complexity index is 813. The number of hydrogen-bond donors (Lipinski definition) is 0. The first kappa shape index (κ1) is 17.7. The van der Waals surface area contributed by atoms with E-state index >= 15 is 0 Å². The maximum atomic E-state index is 12.5. The minimum Gasteiger partial charge on any atom is -0.495 e. The van der Waals surface area contributed by atoms with Gasteiger partial charge >= 0.3 is 0 Å². The Morgan fingerprint density at radius 3 is 2.59 bits per heavy atom. The van der Waals surface area contributed by atoms with E-state index in [1.807, 2.05) is 29.2 Å². The van der Waals surface area contributed by atoms with Gasteiger partial charge in [-0.1, -0.05) is 18.2 Å². The molecule has 1 amide bonds. The highest BCUT2D eigenvalue weighted by Crippen LogP contribution is 2.28. The van der Waals surface area contributed by atoms with Gasteiger partial charge in [0.2, 0.25) is 0 Å². The molecule has 4 rings (SSSR count). The monoisotopic (exact) mass is 366 g/mol. The largest absolute Gasteiger partial charge is 0.495 e. The summed E-state index contributed by atoms with van der Waals surface area (Å²) in [7, 11) is 1.69. The number of hydrogen-bond acceptors (Lipinski definition) is 4. The second kappa shape index (κ2) is 7.91. The van der Waals surface area contributed by atoms with Crippen molar-refractivity contribution in [1.29, 1.82) is 0 Å². The second-order valence-corrected chi connectivity index (χ2v) is 7.11. The van der Waals surface area contributed by atoms with Crippen molar-refractivity contribution < 1.29 is 14.3 Å². The van der Waals surface area contributed by atoms with E-state index in [0.717, 1.165) is 43.1 Å². The van der Waals surface area contributed by atoms with Crippen LogP contribution in [0.5, 0.6) is 11.5 Å². The van der Waals surface area contributed by atoms with Crippen molar-refractivity contribution >= 4 is 11.6 Å². The quantitative estimate of drug-likeness (QED) is 0.816. The van der Waals surface area contributed by atoms with Crippen molar-refractivity contribution in [3.8, 4) is 11.5 Å². The SMILES string of the molecule is COc1ccccc1N1CCN(C(=O)COc2ccc3c(c2)CCC3)CC1. The van der Waals surface area contributed by atoms with Gasteiger partial charge in [-0.05, 0) is 54.7 Å². The summed E-state index contributed by atoms with van der Waals surface area (Å²) in [4.78, 5) is 16.7. The Hall–Kier alpha value is -2.69. The Morgan fingerprint density at radius 1 is 1.00 bits per heavy atom. The third kappa shape index (κ3) is 3.87. The molecule has 1 aliphatic heterocycles. The molecule has 0 aromatic heterocycles. The summed E-state index contributed by atoms with van der Waals surface area (Å²) in [5.74, 6) is 1.73. The Morgan fingerprint density at radius 2 is 1.78 bits per heavy atom. The van der Waals surface area contributed by atoms with Gasteiger partial charge in [-0.25, -0.2) is 0 Å². The number of amides is 1. The number of para-hydroxylation sites is 2. The number of fused-ring (bicyclic) bond motifs is 1. The molecule has 2 aliphatic rings. The molecule has 2 aromatic rings. The predicted octanol–water partition coefficient (Wildman–Crippen LogP) is 2.91. The first-order chi connectivity index (χ1) is 13.2. The fourth-order valence-corrected chi connectivity index (χ4v) is 3.96. The highest BCUT2D eigenvalue weighted by Gasteiger charge is 2.23. The Labute approximate surface area is 160 Å². The van der Waals surface area contributed by atoms with Crippen molar-refractivity contribution in [3.63, 3.8) is 0 Å². The van der Waals surface area contributed by atoms with Crippen LogP contribution in [0.15, 0.2) is 42.5 Å². The zero-order valence-electron chi connectivity index (χ0n) is 15.8. The van der Waals surface area contributed by atoms with Gasteiger partial charge in [-0.2, -0.15) is 0 Å². The molecule has 0 radical (unpaired) electrons. The van der Waals surface area contributed by atoms with E-state index in [9.17, 15) is 4.79 Å². The lowest BCUT2D eigenvalue weighted by Crippen LogP contribution is -2.50. The summed E-state index contributed by atoms with van der Waals surface area (Å²) in [6.45, 7) is 3.10. The van der Waals surface area contributed by atoms with Gasteiger partial charge in [0.25, 0.3) is 5.91 Å². The Kier molecular flexibility index (Phi) is 5.19. The van der Waals surface area contributed by atoms with Gasteiger partial charge in [0.1, 0.15) is 11.5 Å². The van der Waals surface area contributed by atoms with Crippen LogP contribution in [0.25, 0.3) is 0 Å². The van der Waals surface area contributed by atoms with Crippen molar-refractivity contribution in [2.24, 2.45) is 0 Å². The van der Waals surface area contributed by atoms with Gasteiger partial charge in [-0.3, -0.25) is 4.79 Å². The molecule has 5 nitrogen and oxygen atoms in total. The van der Waals surface area contributed by atoms with Crippen LogP contribution in [-0.4, -0.2) is 50.7 Å². The molecule has 0 saturated carbocycles. The van der Waals surface area contributed by atoms with Gasteiger partial charge in [0, 0.05) is 26.2 Å². The summed E-state index contributed by atoms with van der Waals surface area (Å²) < 4.78 is 11.2. The van der Waals surface area contributed by atoms with Crippen LogP contribution in [0, 0.1) is 0 Å². The number of ether oxygens (including phenoxy) is 2. The molecule has 27 heavy (non-hydrogen) atoms. The van der Waals surface area contributed by atoms with E-state index in [1.54, 1.807) is 7.11 Å². The fraction of sp³-hybridized carbons (Fsp3) is 0.409. The zero-order chi connectivity index (χ0) is 18.6. The van der Waals surface area contributed by atoms with Crippen molar-refractivity contribution in [1.82, 2.24) is 4.90 Å². The van der Waals surface area contributed by atoms with Crippen molar-refractivity contribution in [2.75, 3.05) is 44.8 Å². The number of piperazine rings is 1. The van der Waals surface area contributed by atoms with Gasteiger partial charge in [-0.15, -0.1) is 0 Å². The summed E-state index contributed by atoms with van der Waals surface area (Å²) >= 11 is 0. The average molecular weight is 366 g/mol. The van der Waals surface area contributed by atoms with Crippen molar-refractivity contribution in [2.45, 2.75) is 19.3 Å². The second-order valence-electron chi connectivity index (χ2n) is 7.11. The predicted molar refractivity (Wildman–Crippen MR) is 106 cm³/mol. The minimum atomic E-state index is 0.0511. The molecule has 1 saturated heterocycles. The summed E-state index contributed by atoms with van der Waals surface area (Å²) in [6, 6.07) is 14.2. The molecule has 2 aromatic carbocycles. The lowest BCUT2D eigenvalue weighted by molar-refractivity contribution is -0.133.